The van der Waals surface area contributed by atoms with Crippen LogP contribution in [0.15, 0.2) is 18.3 Å². The van der Waals surface area contributed by atoms with E-state index in [0.717, 1.165) is 44.7 Å². The van der Waals surface area contributed by atoms with Crippen LogP contribution in [0, 0.1) is 5.92 Å². The molecule has 1 aromatic heterocycles. The smallest absolute Gasteiger partial charge is 0.228 e. The highest BCUT2D eigenvalue weighted by atomic mass is 35.5. The molecule has 1 amide bonds. The van der Waals surface area contributed by atoms with Crippen LogP contribution < -0.4 is 15.5 Å². The van der Waals surface area contributed by atoms with Gasteiger partial charge in [-0.15, -0.1) is 12.4 Å². The number of pyridine rings is 1. The van der Waals surface area contributed by atoms with Crippen molar-refractivity contribution in [3.8, 4) is 0 Å². The van der Waals surface area contributed by atoms with Crippen molar-refractivity contribution in [1.29, 1.82) is 0 Å². The molecular weight excluding hydrogens is 304 g/mol. The third-order valence-electron chi connectivity index (χ3n) is 4.07. The number of piperazine rings is 1. The Bertz CT molecular complexity index is 471. The Morgan fingerprint density at radius 1 is 1.27 bits per heavy atom. The molecule has 0 saturated carbocycles. The predicted octanol–water partition coefficient (Wildman–Crippen LogP) is 1.28. The summed E-state index contributed by atoms with van der Waals surface area (Å²) in [6.07, 6.45) is 3.43. The Morgan fingerprint density at radius 2 is 2.00 bits per heavy atom. The number of nitrogens with one attached hydrogen (secondary N) is 2. The van der Waals surface area contributed by atoms with Gasteiger partial charge in [0.15, 0.2) is 0 Å². The van der Waals surface area contributed by atoms with Gasteiger partial charge in [0.2, 0.25) is 5.91 Å². The third kappa shape index (κ3) is 4.32. The minimum atomic E-state index is 0. The molecule has 2 aliphatic rings. The fraction of sp³-hybridized carbons (Fsp3) is 0.600. The molecule has 0 unspecified atom stereocenters. The van der Waals surface area contributed by atoms with Crippen molar-refractivity contribution in [2.45, 2.75) is 12.8 Å². The van der Waals surface area contributed by atoms with Crippen molar-refractivity contribution in [3.63, 3.8) is 0 Å². The van der Waals surface area contributed by atoms with Gasteiger partial charge in [-0.05, 0) is 25.0 Å². The first-order valence-electron chi connectivity index (χ1n) is 7.63. The van der Waals surface area contributed by atoms with Crippen molar-refractivity contribution >= 4 is 29.8 Å². The van der Waals surface area contributed by atoms with Gasteiger partial charge in [-0.3, -0.25) is 4.79 Å². The van der Waals surface area contributed by atoms with Gasteiger partial charge in [-0.2, -0.15) is 0 Å². The van der Waals surface area contributed by atoms with Gasteiger partial charge >= 0.3 is 0 Å². The lowest BCUT2D eigenvalue weighted by Crippen LogP contribution is -2.43. The van der Waals surface area contributed by atoms with Gasteiger partial charge in [0, 0.05) is 45.3 Å². The number of aromatic nitrogens is 1. The fourth-order valence-corrected chi connectivity index (χ4v) is 2.76. The maximum absolute atomic E-state index is 12.1. The molecule has 3 rings (SSSR count). The molecule has 0 atom stereocenters. The molecule has 2 aliphatic heterocycles. The first-order valence-corrected chi connectivity index (χ1v) is 7.63. The Hall–Kier alpha value is -1.37. The monoisotopic (exact) mass is 326 g/mol. The van der Waals surface area contributed by atoms with E-state index < -0.39 is 0 Å². The van der Waals surface area contributed by atoms with Gasteiger partial charge in [0.1, 0.15) is 5.82 Å². The summed E-state index contributed by atoms with van der Waals surface area (Å²) in [4.78, 5) is 18.8. The number of amides is 1. The quantitative estimate of drug-likeness (QED) is 0.876. The minimum Gasteiger partial charge on any atom is -0.381 e. The molecule has 0 spiro atoms. The fourth-order valence-electron chi connectivity index (χ4n) is 2.76. The second kappa shape index (κ2) is 8.31. The summed E-state index contributed by atoms with van der Waals surface area (Å²) < 4.78 is 5.28. The average molecular weight is 327 g/mol. The predicted molar refractivity (Wildman–Crippen MR) is 88.7 cm³/mol. The van der Waals surface area contributed by atoms with E-state index in [0.29, 0.717) is 19.0 Å². The highest BCUT2D eigenvalue weighted by molar-refractivity contribution is 5.91. The van der Waals surface area contributed by atoms with Crippen LogP contribution in [0.3, 0.4) is 0 Å². The number of rotatable bonds is 3. The number of carbonyl (C=O) groups excluding carboxylic acids is 1. The van der Waals surface area contributed by atoms with E-state index >= 15 is 0 Å². The maximum Gasteiger partial charge on any atom is 0.228 e. The molecule has 2 fully saturated rings. The van der Waals surface area contributed by atoms with Crippen molar-refractivity contribution in [2.75, 3.05) is 49.6 Å². The molecule has 2 N–H and O–H groups in total. The van der Waals surface area contributed by atoms with Gasteiger partial charge in [0.25, 0.3) is 0 Å². The normalized spacial score (nSPS) is 19.4. The Morgan fingerprint density at radius 3 is 2.64 bits per heavy atom. The van der Waals surface area contributed by atoms with Crippen LogP contribution in [0.4, 0.5) is 11.5 Å². The minimum absolute atomic E-state index is 0. The molecule has 0 aliphatic carbocycles. The van der Waals surface area contributed by atoms with Crippen molar-refractivity contribution in [2.24, 2.45) is 5.92 Å². The maximum atomic E-state index is 12.1. The van der Waals surface area contributed by atoms with Crippen molar-refractivity contribution in [1.82, 2.24) is 10.3 Å². The lowest BCUT2D eigenvalue weighted by molar-refractivity contribution is -0.122. The Kier molecular flexibility index (Phi) is 6.42. The van der Waals surface area contributed by atoms with Crippen molar-refractivity contribution in [3.05, 3.63) is 18.3 Å². The zero-order chi connectivity index (χ0) is 14.5. The first kappa shape index (κ1) is 17.0. The van der Waals surface area contributed by atoms with Gasteiger partial charge in [0.05, 0.1) is 11.9 Å². The number of halogens is 1. The molecule has 0 aromatic carbocycles. The molecule has 6 nitrogen and oxygen atoms in total. The van der Waals surface area contributed by atoms with Crippen LogP contribution in [-0.2, 0) is 9.53 Å². The number of hydrogen-bond acceptors (Lipinski definition) is 5. The van der Waals surface area contributed by atoms with E-state index in [-0.39, 0.29) is 24.2 Å². The number of anilines is 2. The van der Waals surface area contributed by atoms with Gasteiger partial charge < -0.3 is 20.3 Å². The Labute approximate surface area is 137 Å². The molecule has 122 valence electrons. The number of hydrogen-bond donors (Lipinski definition) is 2. The highest BCUT2D eigenvalue weighted by Gasteiger charge is 2.21. The van der Waals surface area contributed by atoms with E-state index in [1.807, 2.05) is 18.3 Å². The number of ether oxygens (including phenoxy) is 1. The largest absolute Gasteiger partial charge is 0.381 e. The molecule has 0 bridgehead atoms. The van der Waals surface area contributed by atoms with E-state index in [1.165, 1.54) is 0 Å². The van der Waals surface area contributed by atoms with Crippen LogP contribution in [0.5, 0.6) is 0 Å². The number of carbonyl (C=O) groups is 1. The van der Waals surface area contributed by atoms with Crippen LogP contribution >= 0.6 is 12.4 Å². The lowest BCUT2D eigenvalue weighted by atomic mass is 9.99. The SMILES string of the molecule is Cl.O=C(Nc1ccc(N2CCNCC2)cn1)C1CCOCC1. The van der Waals surface area contributed by atoms with Crippen LogP contribution in [0.2, 0.25) is 0 Å². The standard InChI is InChI=1S/C15H22N4O2.ClH/c20-15(12-3-9-21-10-4-12)18-14-2-1-13(11-17-14)19-7-5-16-6-8-19;/h1-2,11-12,16H,3-10H2,(H,17,18,20);1H. The summed E-state index contributed by atoms with van der Waals surface area (Å²) >= 11 is 0. The zero-order valence-corrected chi connectivity index (χ0v) is 13.4. The summed E-state index contributed by atoms with van der Waals surface area (Å²) in [5.74, 6) is 0.736. The van der Waals surface area contributed by atoms with E-state index in [1.54, 1.807) is 0 Å². The average Bonchev–Trinajstić information content (AvgIpc) is 2.57. The van der Waals surface area contributed by atoms with Crippen LogP contribution in [0.25, 0.3) is 0 Å². The Balaban J connectivity index is 0.00000176. The third-order valence-corrected chi connectivity index (χ3v) is 4.07. The molecule has 0 radical (unpaired) electrons. The van der Waals surface area contributed by atoms with Crippen LogP contribution in [-0.4, -0.2) is 50.3 Å². The van der Waals surface area contributed by atoms with Crippen molar-refractivity contribution < 1.29 is 9.53 Å². The molecule has 3 heterocycles. The topological polar surface area (TPSA) is 66.5 Å². The molecule has 2 saturated heterocycles. The first-order chi connectivity index (χ1) is 10.3. The molecule has 1 aromatic rings. The zero-order valence-electron chi connectivity index (χ0n) is 12.6. The summed E-state index contributed by atoms with van der Waals surface area (Å²) in [7, 11) is 0. The molecular formula is C15H23ClN4O2. The summed E-state index contributed by atoms with van der Waals surface area (Å²) in [5.41, 5.74) is 1.11. The molecule has 7 heteroatoms. The van der Waals surface area contributed by atoms with Gasteiger partial charge in [-0.25, -0.2) is 4.98 Å². The summed E-state index contributed by atoms with van der Waals surface area (Å²) in [6, 6.07) is 3.91. The second-order valence-corrected chi connectivity index (χ2v) is 5.51. The number of nitrogens with zero attached hydrogens (tertiary/aromatic N) is 2. The molecule has 22 heavy (non-hydrogen) atoms. The highest BCUT2D eigenvalue weighted by Crippen LogP contribution is 2.19. The van der Waals surface area contributed by atoms with Crippen LogP contribution in [0.1, 0.15) is 12.8 Å². The van der Waals surface area contributed by atoms with E-state index in [2.05, 4.69) is 20.5 Å². The summed E-state index contributed by atoms with van der Waals surface area (Å²) in [5, 5.41) is 6.23. The van der Waals surface area contributed by atoms with E-state index in [4.69, 9.17) is 4.74 Å². The summed E-state index contributed by atoms with van der Waals surface area (Å²) in [6.45, 7) is 5.34. The van der Waals surface area contributed by atoms with Gasteiger partial charge in [-0.1, -0.05) is 0 Å². The lowest BCUT2D eigenvalue weighted by Gasteiger charge is -2.29. The second-order valence-electron chi connectivity index (χ2n) is 5.51. The van der Waals surface area contributed by atoms with E-state index in [9.17, 15) is 4.79 Å².